The number of piperazine rings is 1. The SMILES string of the molecule is C#Cc1nc(/C=C/C(=O)N2CCN(C(c3ccc(Cl)cc3)c3ccc(Cl)cc3)CC2)cs1. The fraction of sp³-hybridized carbons (Fsp3) is 0.200. The predicted octanol–water partition coefficient (Wildman–Crippen LogP) is 5.38. The van der Waals surface area contributed by atoms with Crippen molar-refractivity contribution in [3.8, 4) is 12.3 Å². The van der Waals surface area contributed by atoms with Gasteiger partial charge in [-0.3, -0.25) is 9.69 Å². The molecule has 2 heterocycles. The molecule has 0 N–H and O–H groups in total. The highest BCUT2D eigenvalue weighted by Gasteiger charge is 2.27. The first-order valence-electron chi connectivity index (χ1n) is 10.2. The zero-order chi connectivity index (χ0) is 22.5. The number of amides is 1. The number of hydrogen-bond donors (Lipinski definition) is 0. The fourth-order valence-corrected chi connectivity index (χ4v) is 4.64. The molecule has 4 rings (SSSR count). The van der Waals surface area contributed by atoms with Crippen LogP contribution in [0.1, 0.15) is 27.9 Å². The zero-order valence-electron chi connectivity index (χ0n) is 17.2. The van der Waals surface area contributed by atoms with E-state index in [9.17, 15) is 4.79 Å². The van der Waals surface area contributed by atoms with E-state index in [2.05, 4.69) is 40.1 Å². The lowest BCUT2D eigenvalue weighted by atomic mass is 9.96. The lowest BCUT2D eigenvalue weighted by Crippen LogP contribution is -2.49. The molecule has 32 heavy (non-hydrogen) atoms. The monoisotopic (exact) mass is 481 g/mol. The maximum atomic E-state index is 12.7. The summed E-state index contributed by atoms with van der Waals surface area (Å²) in [5, 5.41) is 3.88. The van der Waals surface area contributed by atoms with Gasteiger partial charge in [-0.2, -0.15) is 0 Å². The van der Waals surface area contributed by atoms with Gasteiger partial charge in [-0.05, 0) is 47.4 Å². The number of carbonyl (C=O) groups is 1. The van der Waals surface area contributed by atoms with Gasteiger partial charge < -0.3 is 4.90 Å². The zero-order valence-corrected chi connectivity index (χ0v) is 19.6. The summed E-state index contributed by atoms with van der Waals surface area (Å²) in [6, 6.07) is 15.9. The molecule has 162 valence electrons. The van der Waals surface area contributed by atoms with Crippen LogP contribution in [0.15, 0.2) is 60.0 Å². The Morgan fingerprint density at radius 2 is 1.56 bits per heavy atom. The summed E-state index contributed by atoms with van der Waals surface area (Å²) in [7, 11) is 0. The number of rotatable bonds is 5. The number of carbonyl (C=O) groups excluding carboxylic acids is 1. The first-order valence-corrected chi connectivity index (χ1v) is 11.8. The van der Waals surface area contributed by atoms with Crippen LogP contribution in [0.2, 0.25) is 10.0 Å². The molecule has 2 aromatic carbocycles. The second-order valence-electron chi connectivity index (χ2n) is 7.42. The molecule has 1 aliphatic rings. The normalized spacial score (nSPS) is 14.8. The molecule has 3 aromatic rings. The minimum Gasteiger partial charge on any atom is -0.337 e. The average Bonchev–Trinajstić information content (AvgIpc) is 3.29. The quantitative estimate of drug-likeness (QED) is 0.362. The van der Waals surface area contributed by atoms with Crippen molar-refractivity contribution in [2.24, 2.45) is 0 Å². The number of hydrogen-bond acceptors (Lipinski definition) is 4. The average molecular weight is 482 g/mol. The molecule has 1 saturated heterocycles. The molecule has 1 fully saturated rings. The summed E-state index contributed by atoms with van der Waals surface area (Å²) in [5.74, 6) is 2.49. The van der Waals surface area contributed by atoms with Gasteiger partial charge in [-0.25, -0.2) is 4.98 Å². The third-order valence-electron chi connectivity index (χ3n) is 5.40. The van der Waals surface area contributed by atoms with Gasteiger partial charge in [0.15, 0.2) is 5.01 Å². The molecule has 4 nitrogen and oxygen atoms in total. The summed E-state index contributed by atoms with van der Waals surface area (Å²) >= 11 is 13.6. The summed E-state index contributed by atoms with van der Waals surface area (Å²) in [5.41, 5.74) is 3.02. The topological polar surface area (TPSA) is 36.4 Å². The number of halogens is 2. The van der Waals surface area contributed by atoms with Crippen molar-refractivity contribution in [1.82, 2.24) is 14.8 Å². The number of thiazole rings is 1. The van der Waals surface area contributed by atoms with Crippen molar-refractivity contribution < 1.29 is 4.79 Å². The van der Waals surface area contributed by atoms with Crippen LogP contribution < -0.4 is 0 Å². The van der Waals surface area contributed by atoms with Crippen molar-refractivity contribution in [2.75, 3.05) is 26.2 Å². The molecule has 1 aromatic heterocycles. The highest BCUT2D eigenvalue weighted by Crippen LogP contribution is 2.31. The molecule has 7 heteroatoms. The van der Waals surface area contributed by atoms with Crippen LogP contribution >= 0.6 is 34.5 Å². The van der Waals surface area contributed by atoms with Crippen LogP contribution in [-0.4, -0.2) is 46.9 Å². The van der Waals surface area contributed by atoms with Gasteiger partial charge in [-0.15, -0.1) is 17.8 Å². The van der Waals surface area contributed by atoms with Gasteiger partial charge in [-0.1, -0.05) is 47.5 Å². The van der Waals surface area contributed by atoms with Crippen LogP contribution in [0.25, 0.3) is 6.08 Å². The number of benzene rings is 2. The third-order valence-corrected chi connectivity index (χ3v) is 6.70. The van der Waals surface area contributed by atoms with Gasteiger partial charge >= 0.3 is 0 Å². The van der Waals surface area contributed by atoms with Crippen LogP contribution in [0.4, 0.5) is 0 Å². The van der Waals surface area contributed by atoms with E-state index < -0.39 is 0 Å². The van der Waals surface area contributed by atoms with Crippen molar-refractivity contribution in [3.05, 3.63) is 91.9 Å². The molecule has 1 amide bonds. The maximum absolute atomic E-state index is 12.7. The van der Waals surface area contributed by atoms with Crippen LogP contribution in [0, 0.1) is 12.3 Å². The molecule has 1 aliphatic heterocycles. The van der Waals surface area contributed by atoms with Crippen molar-refractivity contribution in [1.29, 1.82) is 0 Å². The molecule has 0 bridgehead atoms. The summed E-state index contributed by atoms with van der Waals surface area (Å²) in [6.07, 6.45) is 8.64. The predicted molar refractivity (Wildman–Crippen MR) is 132 cm³/mol. The van der Waals surface area contributed by atoms with E-state index >= 15 is 0 Å². The van der Waals surface area contributed by atoms with Gasteiger partial charge in [0.25, 0.3) is 0 Å². The van der Waals surface area contributed by atoms with Crippen LogP contribution in [0.3, 0.4) is 0 Å². The Labute approximate surface area is 202 Å². The summed E-state index contributed by atoms with van der Waals surface area (Å²) < 4.78 is 0. The Balaban J connectivity index is 1.46. The van der Waals surface area contributed by atoms with Gasteiger partial charge in [0, 0.05) is 47.7 Å². The molecular formula is C25H21Cl2N3OS. The van der Waals surface area contributed by atoms with Gasteiger partial charge in [0.05, 0.1) is 11.7 Å². The molecule has 0 spiro atoms. The van der Waals surface area contributed by atoms with E-state index in [-0.39, 0.29) is 11.9 Å². The van der Waals surface area contributed by atoms with Crippen molar-refractivity contribution >= 4 is 46.5 Å². The summed E-state index contributed by atoms with van der Waals surface area (Å²) in [4.78, 5) is 21.2. The first kappa shape index (κ1) is 22.6. The van der Waals surface area contributed by atoms with E-state index in [4.69, 9.17) is 29.6 Å². The molecule has 0 atom stereocenters. The van der Waals surface area contributed by atoms with Gasteiger partial charge in [0.2, 0.25) is 5.91 Å². The van der Waals surface area contributed by atoms with Gasteiger partial charge in [0.1, 0.15) is 0 Å². The molecule has 0 unspecified atom stereocenters. The summed E-state index contributed by atoms with van der Waals surface area (Å²) in [6.45, 7) is 2.81. The molecule has 0 aliphatic carbocycles. The lowest BCUT2D eigenvalue weighted by molar-refractivity contribution is -0.127. The van der Waals surface area contributed by atoms with E-state index in [1.165, 1.54) is 11.3 Å². The smallest absolute Gasteiger partial charge is 0.246 e. The molecular weight excluding hydrogens is 461 g/mol. The van der Waals surface area contributed by atoms with Crippen LogP contribution in [-0.2, 0) is 4.79 Å². The second kappa shape index (κ2) is 10.3. The highest BCUT2D eigenvalue weighted by molar-refractivity contribution is 7.10. The van der Waals surface area contributed by atoms with E-state index in [0.717, 1.165) is 24.2 Å². The van der Waals surface area contributed by atoms with Crippen molar-refractivity contribution in [2.45, 2.75) is 6.04 Å². The highest BCUT2D eigenvalue weighted by atomic mass is 35.5. The number of nitrogens with zero attached hydrogens (tertiary/aromatic N) is 3. The Bertz CT molecular complexity index is 1100. The number of aromatic nitrogens is 1. The first-order chi connectivity index (χ1) is 15.5. The Kier molecular flexibility index (Phi) is 7.29. The van der Waals surface area contributed by atoms with Crippen LogP contribution in [0.5, 0.6) is 0 Å². The second-order valence-corrected chi connectivity index (χ2v) is 9.15. The van der Waals surface area contributed by atoms with E-state index in [0.29, 0.717) is 33.8 Å². The third kappa shape index (κ3) is 5.40. The van der Waals surface area contributed by atoms with E-state index in [1.807, 2.05) is 34.5 Å². The van der Waals surface area contributed by atoms with Crippen molar-refractivity contribution in [3.63, 3.8) is 0 Å². The minimum atomic E-state index is -0.0190. The minimum absolute atomic E-state index is 0.0190. The standard InChI is InChI=1S/C25H21Cl2N3OS/c1-2-23-28-22(17-32-23)11-12-24(31)29-13-15-30(16-14-29)25(18-3-7-20(26)8-4-18)19-5-9-21(27)10-6-19/h1,3-12,17,25H,13-16H2/b12-11+. The lowest BCUT2D eigenvalue weighted by Gasteiger charge is -2.39. The Morgan fingerprint density at radius 3 is 2.06 bits per heavy atom. The number of terminal acetylenes is 1. The largest absolute Gasteiger partial charge is 0.337 e. The van der Waals surface area contributed by atoms with E-state index in [1.54, 1.807) is 12.2 Å². The Morgan fingerprint density at radius 1 is 1.00 bits per heavy atom. The molecule has 0 radical (unpaired) electrons. The fourth-order valence-electron chi connectivity index (χ4n) is 3.80. The maximum Gasteiger partial charge on any atom is 0.246 e. The Hall–Kier alpha value is -2.62. The molecule has 0 saturated carbocycles.